The summed E-state index contributed by atoms with van der Waals surface area (Å²) in [7, 11) is 0. The van der Waals surface area contributed by atoms with E-state index < -0.39 is 0 Å². The Labute approximate surface area is 261 Å². The van der Waals surface area contributed by atoms with Gasteiger partial charge in [-0.3, -0.25) is 0 Å². The second-order valence-electron chi connectivity index (χ2n) is 12.5. The van der Waals surface area contributed by atoms with Crippen molar-refractivity contribution in [3.8, 4) is 34.6 Å². The van der Waals surface area contributed by atoms with Crippen molar-refractivity contribution >= 4 is 21.8 Å². The third-order valence-corrected chi connectivity index (χ3v) is 7.45. The van der Waals surface area contributed by atoms with E-state index in [0.29, 0.717) is 23.0 Å². The van der Waals surface area contributed by atoms with Crippen molar-refractivity contribution in [2.75, 3.05) is 0 Å². The Hall–Kier alpha value is -3.95. The Morgan fingerprint density at radius 2 is 1.45 bits per heavy atom. The van der Waals surface area contributed by atoms with Gasteiger partial charge in [-0.2, -0.15) is 29.2 Å². The van der Waals surface area contributed by atoms with Gasteiger partial charge in [-0.1, -0.05) is 77.4 Å². The van der Waals surface area contributed by atoms with Crippen LogP contribution < -0.4 is 4.74 Å². The van der Waals surface area contributed by atoms with Crippen LogP contribution in [0, 0.1) is 6.07 Å². The van der Waals surface area contributed by atoms with E-state index in [1.54, 1.807) is 6.07 Å². The fourth-order valence-corrected chi connectivity index (χ4v) is 5.11. The monoisotopic (exact) mass is 735 g/mol. The van der Waals surface area contributed by atoms with Crippen LogP contribution in [0.1, 0.15) is 52.7 Å². The number of ether oxygens (including phenoxy) is 1. The van der Waals surface area contributed by atoms with E-state index in [2.05, 4.69) is 82.5 Å². The largest absolute Gasteiger partial charge is 0.507 e. The van der Waals surface area contributed by atoms with Crippen LogP contribution in [0.4, 0.5) is 0 Å². The molecular formula is C36H34N3O2Pt-. The van der Waals surface area contributed by atoms with Crippen molar-refractivity contribution in [2.24, 2.45) is 0 Å². The average molecular weight is 736 g/mol. The van der Waals surface area contributed by atoms with Crippen molar-refractivity contribution in [2.45, 2.75) is 52.4 Å². The molecule has 0 saturated carbocycles. The minimum atomic E-state index is -0.146. The quantitative estimate of drug-likeness (QED) is 0.184. The third kappa shape index (κ3) is 5.58. The third-order valence-electron chi connectivity index (χ3n) is 7.45. The zero-order valence-corrected chi connectivity index (χ0v) is 26.9. The molecule has 42 heavy (non-hydrogen) atoms. The number of rotatable bonds is 4. The summed E-state index contributed by atoms with van der Waals surface area (Å²) in [6.45, 7) is 13.0. The molecule has 1 N–H and O–H groups in total. The molecule has 5 nitrogen and oxygen atoms in total. The van der Waals surface area contributed by atoms with Crippen LogP contribution in [0.15, 0.2) is 91.0 Å². The average Bonchev–Trinajstić information content (AvgIpc) is 3.27. The van der Waals surface area contributed by atoms with E-state index in [1.165, 1.54) is 0 Å². The standard InChI is InChI=1S/C36H34N3O2.Pt/c1-35(2,3)23-18-19-31(40)27(20-23)28-14-11-17-33(37-28)41-34-22-24(36(4,5)6)21-32(38-34)39-29-15-9-7-12-25(29)26-13-8-10-16-30(26)39;/h7-15,17-22,40H,1-6H3;/q-1;. The van der Waals surface area contributed by atoms with Crippen LogP contribution in [0.25, 0.3) is 38.9 Å². The van der Waals surface area contributed by atoms with Gasteiger partial charge in [0.05, 0.1) is 5.69 Å². The normalized spacial score (nSPS) is 12.0. The molecule has 0 bridgehead atoms. The first-order valence-electron chi connectivity index (χ1n) is 13.9. The molecule has 0 atom stereocenters. The first kappa shape index (κ1) is 29.5. The van der Waals surface area contributed by atoms with Gasteiger partial charge in [0.15, 0.2) is 0 Å². The number of benzene rings is 3. The van der Waals surface area contributed by atoms with Gasteiger partial charge in [-0.15, -0.1) is 5.39 Å². The summed E-state index contributed by atoms with van der Waals surface area (Å²) in [6, 6.07) is 33.2. The predicted octanol–water partition coefficient (Wildman–Crippen LogP) is 9.13. The molecule has 0 aliphatic heterocycles. The van der Waals surface area contributed by atoms with Gasteiger partial charge in [-0.05, 0) is 57.7 Å². The van der Waals surface area contributed by atoms with E-state index in [0.717, 1.165) is 38.8 Å². The van der Waals surface area contributed by atoms with E-state index in [1.807, 2.05) is 54.6 Å². The Balaban J connectivity index is 0.00000353. The second-order valence-corrected chi connectivity index (χ2v) is 12.5. The van der Waals surface area contributed by atoms with Gasteiger partial charge < -0.3 is 14.4 Å². The molecule has 0 aliphatic rings. The fourth-order valence-electron chi connectivity index (χ4n) is 5.11. The molecule has 3 aromatic carbocycles. The zero-order chi connectivity index (χ0) is 28.9. The van der Waals surface area contributed by atoms with E-state index >= 15 is 0 Å². The fraction of sp³-hybridized carbons (Fsp3) is 0.222. The van der Waals surface area contributed by atoms with E-state index in [-0.39, 0.29) is 37.6 Å². The second kappa shape index (κ2) is 11.0. The molecule has 0 aliphatic carbocycles. The molecule has 6 rings (SSSR count). The van der Waals surface area contributed by atoms with Crippen molar-refractivity contribution in [1.82, 2.24) is 14.5 Å². The Morgan fingerprint density at radius 3 is 2.21 bits per heavy atom. The molecule has 216 valence electrons. The van der Waals surface area contributed by atoms with Crippen LogP contribution in [-0.4, -0.2) is 19.6 Å². The molecule has 3 aromatic heterocycles. The number of nitrogens with zero attached hydrogens (tertiary/aromatic N) is 3. The topological polar surface area (TPSA) is 60.2 Å². The van der Waals surface area contributed by atoms with Crippen LogP contribution in [-0.2, 0) is 31.9 Å². The number of phenols is 1. The minimum Gasteiger partial charge on any atom is -0.507 e. The molecule has 0 saturated heterocycles. The van der Waals surface area contributed by atoms with Gasteiger partial charge >= 0.3 is 0 Å². The molecule has 3 heterocycles. The SMILES string of the molecule is CC(C)(C)c1cc(Oc2cccc(-c3cc(C(C)(C)C)ccc3O)n2)nc(-n2c3[c-]cccc3c3ccccc32)c1.[Pt]. The van der Waals surface area contributed by atoms with Crippen LogP contribution >= 0.6 is 0 Å². The Morgan fingerprint density at radius 1 is 0.714 bits per heavy atom. The molecule has 0 radical (unpaired) electrons. The maximum atomic E-state index is 10.7. The van der Waals surface area contributed by atoms with Crippen molar-refractivity contribution in [1.29, 1.82) is 0 Å². The molecule has 0 amide bonds. The summed E-state index contributed by atoms with van der Waals surface area (Å²) < 4.78 is 8.49. The molecule has 0 unspecified atom stereocenters. The zero-order valence-electron chi connectivity index (χ0n) is 24.7. The van der Waals surface area contributed by atoms with E-state index in [9.17, 15) is 5.11 Å². The number of aromatic hydroxyl groups is 1. The Kier molecular flexibility index (Phi) is 7.76. The molecule has 6 heteroatoms. The summed E-state index contributed by atoms with van der Waals surface area (Å²) in [5.41, 5.74) is 5.32. The summed E-state index contributed by atoms with van der Waals surface area (Å²) in [4.78, 5) is 9.75. The Bertz CT molecular complexity index is 1860. The number of pyridine rings is 2. The number of para-hydroxylation sites is 2. The summed E-state index contributed by atoms with van der Waals surface area (Å²) in [5.74, 6) is 1.79. The maximum Gasteiger partial charge on any atom is 0.223 e. The molecule has 0 spiro atoms. The molecule has 6 aromatic rings. The number of hydrogen-bond donors (Lipinski definition) is 1. The van der Waals surface area contributed by atoms with Crippen molar-refractivity contribution in [3.05, 3.63) is 108 Å². The summed E-state index contributed by atoms with van der Waals surface area (Å²) >= 11 is 0. The number of phenolic OH excluding ortho intramolecular Hbond substituents is 1. The number of fused-ring (bicyclic) bond motifs is 3. The van der Waals surface area contributed by atoms with Gasteiger partial charge in [0.1, 0.15) is 11.6 Å². The van der Waals surface area contributed by atoms with Gasteiger partial charge in [0.25, 0.3) is 0 Å². The first-order valence-corrected chi connectivity index (χ1v) is 13.9. The number of hydrogen-bond acceptors (Lipinski definition) is 4. The van der Waals surface area contributed by atoms with Crippen LogP contribution in [0.5, 0.6) is 17.5 Å². The van der Waals surface area contributed by atoms with Gasteiger partial charge in [0.2, 0.25) is 11.8 Å². The predicted molar refractivity (Wildman–Crippen MR) is 166 cm³/mol. The first-order chi connectivity index (χ1) is 19.5. The maximum absolute atomic E-state index is 10.7. The minimum absolute atomic E-state index is 0. The van der Waals surface area contributed by atoms with Crippen molar-refractivity contribution < 1.29 is 30.9 Å². The summed E-state index contributed by atoms with van der Waals surface area (Å²) in [6.07, 6.45) is 0. The number of aromatic nitrogens is 3. The van der Waals surface area contributed by atoms with Crippen LogP contribution in [0.2, 0.25) is 0 Å². The molecular weight excluding hydrogens is 701 g/mol. The smallest absolute Gasteiger partial charge is 0.223 e. The van der Waals surface area contributed by atoms with Crippen LogP contribution in [0.3, 0.4) is 0 Å². The summed E-state index contributed by atoms with van der Waals surface area (Å²) in [5, 5.41) is 13.0. The van der Waals surface area contributed by atoms with E-state index in [4.69, 9.17) is 14.7 Å². The van der Waals surface area contributed by atoms with Crippen molar-refractivity contribution in [3.63, 3.8) is 0 Å². The van der Waals surface area contributed by atoms with Gasteiger partial charge in [0, 0.05) is 44.3 Å². The molecule has 0 fully saturated rings. The van der Waals surface area contributed by atoms with Gasteiger partial charge in [-0.25, -0.2) is 4.98 Å².